The van der Waals surface area contributed by atoms with E-state index in [4.69, 9.17) is 10.8 Å². The van der Waals surface area contributed by atoms with E-state index in [0.717, 1.165) is 54.4 Å². The highest BCUT2D eigenvalue weighted by Gasteiger charge is 2.37. The van der Waals surface area contributed by atoms with E-state index >= 15 is 0 Å². The highest BCUT2D eigenvalue weighted by molar-refractivity contribution is 5.58. The summed E-state index contributed by atoms with van der Waals surface area (Å²) in [5.74, 6) is 10.0. The van der Waals surface area contributed by atoms with Gasteiger partial charge in [0.2, 0.25) is 0 Å². The van der Waals surface area contributed by atoms with Gasteiger partial charge in [-0.25, -0.2) is 15.8 Å². The van der Waals surface area contributed by atoms with Crippen molar-refractivity contribution >= 4 is 11.6 Å². The number of aromatic nitrogens is 2. The van der Waals surface area contributed by atoms with Gasteiger partial charge in [-0.05, 0) is 31.6 Å². The Hall–Kier alpha value is -1.36. The maximum absolute atomic E-state index is 5.57. The Morgan fingerprint density at radius 1 is 1.26 bits per heavy atom. The Labute approximate surface area is 114 Å². The summed E-state index contributed by atoms with van der Waals surface area (Å²) in [6.45, 7) is 6.43. The molecule has 3 N–H and O–H groups in total. The van der Waals surface area contributed by atoms with Gasteiger partial charge in [0.15, 0.2) is 0 Å². The second-order valence-corrected chi connectivity index (χ2v) is 5.79. The summed E-state index contributed by atoms with van der Waals surface area (Å²) in [5, 5.41) is 0. The smallest absolute Gasteiger partial charge is 0.148 e. The molecule has 2 atom stereocenters. The third-order valence-electron chi connectivity index (χ3n) is 4.65. The van der Waals surface area contributed by atoms with Gasteiger partial charge >= 0.3 is 0 Å². The van der Waals surface area contributed by atoms with Crippen molar-refractivity contribution in [2.24, 2.45) is 17.7 Å². The molecule has 0 radical (unpaired) electrons. The lowest BCUT2D eigenvalue weighted by molar-refractivity contribution is 0.494. The number of fused-ring (bicyclic) bond motifs is 1. The van der Waals surface area contributed by atoms with E-state index < -0.39 is 0 Å². The lowest BCUT2D eigenvalue weighted by Gasteiger charge is -2.22. The SMILES string of the molecule is CCc1nc(NN)c(C)c(N2CC3CCCC3C2)n1. The van der Waals surface area contributed by atoms with Crippen molar-refractivity contribution in [3.63, 3.8) is 0 Å². The molecular weight excluding hydrogens is 238 g/mol. The van der Waals surface area contributed by atoms with Crippen LogP contribution in [0.3, 0.4) is 0 Å². The molecule has 2 unspecified atom stereocenters. The number of aryl methyl sites for hydroxylation is 1. The van der Waals surface area contributed by atoms with E-state index in [1.807, 2.05) is 0 Å². The quantitative estimate of drug-likeness (QED) is 0.642. The van der Waals surface area contributed by atoms with Gasteiger partial charge in [0.25, 0.3) is 0 Å². The van der Waals surface area contributed by atoms with E-state index in [1.54, 1.807) is 0 Å². The van der Waals surface area contributed by atoms with Crippen molar-refractivity contribution in [3.05, 3.63) is 11.4 Å². The lowest BCUT2D eigenvalue weighted by atomic mass is 10.0. The number of rotatable bonds is 3. The molecule has 5 heteroatoms. The Morgan fingerprint density at radius 3 is 2.53 bits per heavy atom. The monoisotopic (exact) mass is 261 g/mol. The average molecular weight is 261 g/mol. The van der Waals surface area contributed by atoms with Gasteiger partial charge in [-0.3, -0.25) is 0 Å². The zero-order valence-electron chi connectivity index (χ0n) is 11.8. The van der Waals surface area contributed by atoms with Crippen molar-refractivity contribution in [3.8, 4) is 0 Å². The summed E-state index contributed by atoms with van der Waals surface area (Å²) in [4.78, 5) is 11.6. The standard InChI is InChI=1S/C14H23N5/c1-3-12-16-13(18-15)9(2)14(17-12)19-7-10-5-4-6-11(10)8-19/h10-11H,3-8,15H2,1-2H3,(H,16,17,18). The first-order valence-electron chi connectivity index (χ1n) is 7.32. The maximum atomic E-state index is 5.57. The molecule has 1 aliphatic carbocycles. The zero-order chi connectivity index (χ0) is 13.4. The zero-order valence-corrected chi connectivity index (χ0v) is 11.8. The molecule has 0 aromatic carbocycles. The second-order valence-electron chi connectivity index (χ2n) is 5.79. The molecular formula is C14H23N5. The van der Waals surface area contributed by atoms with E-state index in [2.05, 4.69) is 29.2 Å². The Kier molecular flexibility index (Phi) is 3.31. The van der Waals surface area contributed by atoms with Crippen molar-refractivity contribution in [2.45, 2.75) is 39.5 Å². The van der Waals surface area contributed by atoms with Crippen LogP contribution in [0, 0.1) is 18.8 Å². The molecule has 0 spiro atoms. The van der Waals surface area contributed by atoms with Crippen LogP contribution in [0.2, 0.25) is 0 Å². The molecule has 2 aliphatic rings. The van der Waals surface area contributed by atoms with Crippen LogP contribution in [0.4, 0.5) is 11.6 Å². The first kappa shape index (κ1) is 12.7. The van der Waals surface area contributed by atoms with Crippen LogP contribution < -0.4 is 16.2 Å². The molecule has 2 heterocycles. The fraction of sp³-hybridized carbons (Fsp3) is 0.714. The summed E-state index contributed by atoms with van der Waals surface area (Å²) >= 11 is 0. The molecule has 5 nitrogen and oxygen atoms in total. The number of nitrogen functional groups attached to an aromatic ring is 1. The van der Waals surface area contributed by atoms with Crippen molar-refractivity contribution < 1.29 is 0 Å². The molecule has 104 valence electrons. The predicted octanol–water partition coefficient (Wildman–Crippen LogP) is 1.87. The van der Waals surface area contributed by atoms with Gasteiger partial charge in [0, 0.05) is 25.1 Å². The van der Waals surface area contributed by atoms with Crippen molar-refractivity contribution in [1.82, 2.24) is 9.97 Å². The Bertz CT molecular complexity index is 461. The fourth-order valence-electron chi connectivity index (χ4n) is 3.56. The molecule has 1 aromatic heterocycles. The number of nitrogens with zero attached hydrogens (tertiary/aromatic N) is 3. The minimum Gasteiger partial charge on any atom is -0.356 e. The van der Waals surface area contributed by atoms with Gasteiger partial charge in [-0.15, -0.1) is 0 Å². The van der Waals surface area contributed by atoms with E-state index in [9.17, 15) is 0 Å². The van der Waals surface area contributed by atoms with E-state index in [-0.39, 0.29) is 0 Å². The third-order valence-corrected chi connectivity index (χ3v) is 4.65. The predicted molar refractivity (Wildman–Crippen MR) is 77.0 cm³/mol. The van der Waals surface area contributed by atoms with Crippen molar-refractivity contribution in [1.29, 1.82) is 0 Å². The molecule has 1 aromatic rings. The van der Waals surface area contributed by atoms with Crippen molar-refractivity contribution in [2.75, 3.05) is 23.4 Å². The van der Waals surface area contributed by atoms with Gasteiger partial charge in [-0.2, -0.15) is 0 Å². The van der Waals surface area contributed by atoms with Crippen LogP contribution in [0.5, 0.6) is 0 Å². The molecule has 0 bridgehead atoms. The summed E-state index contributed by atoms with van der Waals surface area (Å²) in [6, 6.07) is 0. The van der Waals surface area contributed by atoms with E-state index in [1.165, 1.54) is 19.3 Å². The molecule has 19 heavy (non-hydrogen) atoms. The minimum absolute atomic E-state index is 0.763. The third kappa shape index (κ3) is 2.16. The normalized spacial score (nSPS) is 25.7. The van der Waals surface area contributed by atoms with Gasteiger partial charge < -0.3 is 10.3 Å². The number of hydrogen-bond acceptors (Lipinski definition) is 5. The average Bonchev–Trinajstić information content (AvgIpc) is 3.00. The van der Waals surface area contributed by atoms with Crippen LogP contribution in [0.25, 0.3) is 0 Å². The van der Waals surface area contributed by atoms with Crippen LogP contribution >= 0.6 is 0 Å². The lowest BCUT2D eigenvalue weighted by Crippen LogP contribution is -2.25. The number of nitrogens with one attached hydrogen (secondary N) is 1. The summed E-state index contributed by atoms with van der Waals surface area (Å²) in [6.07, 6.45) is 5.01. The summed E-state index contributed by atoms with van der Waals surface area (Å²) in [5.41, 5.74) is 3.78. The molecule has 0 amide bonds. The minimum atomic E-state index is 0.763. The summed E-state index contributed by atoms with van der Waals surface area (Å²) < 4.78 is 0. The highest BCUT2D eigenvalue weighted by Crippen LogP contribution is 2.40. The van der Waals surface area contributed by atoms with E-state index in [0.29, 0.717) is 0 Å². The maximum Gasteiger partial charge on any atom is 0.148 e. The number of hydrogen-bond donors (Lipinski definition) is 2. The van der Waals surface area contributed by atoms with Crippen LogP contribution in [0.1, 0.15) is 37.6 Å². The number of hydrazine groups is 1. The molecule has 1 aliphatic heterocycles. The molecule has 3 rings (SSSR count). The molecule has 2 fully saturated rings. The highest BCUT2D eigenvalue weighted by atomic mass is 15.3. The largest absolute Gasteiger partial charge is 0.356 e. The number of nitrogens with two attached hydrogens (primary N) is 1. The first-order chi connectivity index (χ1) is 9.22. The van der Waals surface area contributed by atoms with Crippen LogP contribution in [-0.2, 0) is 6.42 Å². The Balaban J connectivity index is 1.91. The van der Waals surface area contributed by atoms with Gasteiger partial charge in [0.05, 0.1) is 0 Å². The summed E-state index contributed by atoms with van der Waals surface area (Å²) in [7, 11) is 0. The van der Waals surface area contributed by atoms with Crippen LogP contribution in [0.15, 0.2) is 0 Å². The number of anilines is 2. The molecule has 1 saturated carbocycles. The topological polar surface area (TPSA) is 67.1 Å². The second kappa shape index (κ2) is 4.96. The first-order valence-corrected chi connectivity index (χ1v) is 7.32. The molecule has 1 saturated heterocycles. The fourth-order valence-corrected chi connectivity index (χ4v) is 3.56. The van der Waals surface area contributed by atoms with Gasteiger partial charge in [0.1, 0.15) is 17.5 Å². The van der Waals surface area contributed by atoms with Crippen LogP contribution in [-0.4, -0.2) is 23.1 Å². The van der Waals surface area contributed by atoms with Gasteiger partial charge in [-0.1, -0.05) is 13.3 Å². The Morgan fingerprint density at radius 2 is 1.95 bits per heavy atom.